The third-order valence-electron chi connectivity index (χ3n) is 6.26. The van der Waals surface area contributed by atoms with Crippen LogP contribution in [0.1, 0.15) is 65.8 Å². The molecule has 172 valence electrons. The maximum Gasteiger partial charge on any atom is 0.286 e. The molecule has 0 bridgehead atoms. The molecule has 3 heterocycles. The summed E-state index contributed by atoms with van der Waals surface area (Å²) in [7, 11) is 0. The summed E-state index contributed by atoms with van der Waals surface area (Å²) in [5.74, 6) is -0.145. The summed E-state index contributed by atoms with van der Waals surface area (Å²) in [6, 6.07) is 7.49. The van der Waals surface area contributed by atoms with Gasteiger partial charge in [0.15, 0.2) is 5.69 Å². The molecule has 2 aromatic heterocycles. The quantitative estimate of drug-likeness (QED) is 0.436. The van der Waals surface area contributed by atoms with Crippen molar-refractivity contribution in [2.24, 2.45) is 0 Å². The molecular weight excluding hydrogens is 475 g/mol. The molecular formula is C25H26Cl2N4OS. The van der Waals surface area contributed by atoms with Gasteiger partial charge in [-0.3, -0.25) is 10.2 Å². The van der Waals surface area contributed by atoms with Gasteiger partial charge in [0, 0.05) is 23.7 Å². The van der Waals surface area contributed by atoms with Gasteiger partial charge in [-0.25, -0.2) is 9.69 Å². The zero-order chi connectivity index (χ0) is 22.8. The number of rotatable bonds is 4. The molecule has 33 heavy (non-hydrogen) atoms. The van der Waals surface area contributed by atoms with E-state index in [0.29, 0.717) is 15.7 Å². The van der Waals surface area contributed by atoms with Crippen molar-refractivity contribution in [3.8, 4) is 5.69 Å². The second kappa shape index (κ2) is 10.0. The van der Waals surface area contributed by atoms with Crippen molar-refractivity contribution in [2.75, 3.05) is 13.1 Å². The van der Waals surface area contributed by atoms with Crippen molar-refractivity contribution in [3.63, 3.8) is 0 Å². The number of halogens is 2. The van der Waals surface area contributed by atoms with Crippen molar-refractivity contribution in [1.29, 1.82) is 0 Å². The number of allylic oxidation sites excluding steroid dienone is 1. The summed E-state index contributed by atoms with van der Waals surface area (Å²) < 4.78 is 1.84. The fraction of sp³-hybridized carbons (Fsp3) is 0.360. The lowest BCUT2D eigenvalue weighted by Crippen LogP contribution is -2.43. The summed E-state index contributed by atoms with van der Waals surface area (Å²) in [6.07, 6.45) is 9.53. The Morgan fingerprint density at radius 1 is 1.06 bits per heavy atom. The molecule has 5 rings (SSSR count). The third kappa shape index (κ3) is 4.90. The Labute approximate surface area is 208 Å². The molecule has 1 amide bonds. The van der Waals surface area contributed by atoms with E-state index in [-0.39, 0.29) is 5.91 Å². The average Bonchev–Trinajstić information content (AvgIpc) is 3.37. The maximum absolute atomic E-state index is 13.4. The van der Waals surface area contributed by atoms with Gasteiger partial charge in [0.25, 0.3) is 5.91 Å². The molecule has 3 aromatic rings. The lowest BCUT2D eigenvalue weighted by atomic mass is 9.90. The molecule has 0 unspecified atom stereocenters. The number of aromatic nitrogens is 2. The van der Waals surface area contributed by atoms with Crippen molar-refractivity contribution in [3.05, 3.63) is 67.6 Å². The highest BCUT2D eigenvalue weighted by Gasteiger charge is 2.30. The monoisotopic (exact) mass is 500 g/mol. The molecule has 1 aliphatic carbocycles. The van der Waals surface area contributed by atoms with Crippen molar-refractivity contribution < 1.29 is 4.79 Å². The topological polar surface area (TPSA) is 50.2 Å². The van der Waals surface area contributed by atoms with Gasteiger partial charge >= 0.3 is 0 Å². The van der Waals surface area contributed by atoms with Crippen molar-refractivity contribution >= 4 is 52.1 Å². The van der Waals surface area contributed by atoms with Gasteiger partial charge in [-0.05, 0) is 84.3 Å². The Morgan fingerprint density at radius 3 is 2.61 bits per heavy atom. The lowest BCUT2D eigenvalue weighted by molar-refractivity contribution is 0.0787. The van der Waals surface area contributed by atoms with Crippen LogP contribution in [-0.2, 0) is 6.42 Å². The molecule has 0 atom stereocenters. The molecule has 1 aliphatic heterocycles. The molecule has 5 nitrogen and oxygen atoms in total. The number of nitrogens with zero attached hydrogens (tertiary/aromatic N) is 3. The Hall–Kier alpha value is -2.12. The highest BCUT2D eigenvalue weighted by molar-refractivity contribution is 7.08. The summed E-state index contributed by atoms with van der Waals surface area (Å²) in [5.41, 5.74) is 8.62. The molecule has 1 aromatic carbocycles. The molecule has 2 aliphatic rings. The first-order chi connectivity index (χ1) is 16.1. The first-order valence-corrected chi connectivity index (χ1v) is 13.2. The standard InChI is InChI=1S/C25H26Cl2N4OS/c26-19-8-9-22(21(27)15-19)31-24-18(14-17-10-13-33-16-17)6-5-7-20(24)23(28-31)25(32)29-30-11-3-1-2-4-12-30/h8-10,13-16H,1-7,11-12H2,(H,29,32)/b18-14+. The lowest BCUT2D eigenvalue weighted by Gasteiger charge is -2.21. The smallest absolute Gasteiger partial charge is 0.283 e. The van der Waals surface area contributed by atoms with Gasteiger partial charge in [0.1, 0.15) is 0 Å². The van der Waals surface area contributed by atoms with Crippen molar-refractivity contribution in [1.82, 2.24) is 20.2 Å². The average molecular weight is 501 g/mol. The van der Waals surface area contributed by atoms with Gasteiger partial charge in [-0.2, -0.15) is 16.4 Å². The molecule has 0 spiro atoms. The molecule has 1 saturated heterocycles. The minimum Gasteiger partial charge on any atom is -0.283 e. The second-order valence-electron chi connectivity index (χ2n) is 8.61. The van der Waals surface area contributed by atoms with E-state index in [0.717, 1.165) is 67.7 Å². The Morgan fingerprint density at radius 2 is 1.88 bits per heavy atom. The number of carbonyl (C=O) groups excluding carboxylic acids is 1. The fourth-order valence-electron chi connectivity index (χ4n) is 4.68. The number of hydrazine groups is 1. The summed E-state index contributed by atoms with van der Waals surface area (Å²) in [4.78, 5) is 13.4. The molecule has 8 heteroatoms. The number of nitrogens with one attached hydrogen (secondary N) is 1. The van der Waals surface area contributed by atoms with E-state index in [4.69, 9.17) is 28.3 Å². The first-order valence-electron chi connectivity index (χ1n) is 11.5. The Bertz CT molecular complexity index is 1180. The normalized spacial score (nSPS) is 18.2. The highest BCUT2D eigenvalue weighted by atomic mass is 35.5. The number of amides is 1. The minimum absolute atomic E-state index is 0.145. The van der Waals surface area contributed by atoms with Crippen LogP contribution in [0.3, 0.4) is 0 Å². The predicted molar refractivity (Wildman–Crippen MR) is 136 cm³/mol. The van der Waals surface area contributed by atoms with Crippen LogP contribution in [0.5, 0.6) is 0 Å². The molecule has 1 fully saturated rings. The number of hydrogen-bond donors (Lipinski definition) is 1. The largest absolute Gasteiger partial charge is 0.286 e. The fourth-order valence-corrected chi connectivity index (χ4v) is 5.79. The predicted octanol–water partition coefficient (Wildman–Crippen LogP) is 6.64. The summed E-state index contributed by atoms with van der Waals surface area (Å²) in [6.45, 7) is 1.75. The third-order valence-corrected chi connectivity index (χ3v) is 7.50. The molecule has 0 radical (unpaired) electrons. The van der Waals surface area contributed by atoms with E-state index in [1.54, 1.807) is 23.5 Å². The number of hydrogen-bond acceptors (Lipinski definition) is 4. The van der Waals surface area contributed by atoms with Gasteiger partial charge in [-0.15, -0.1) is 0 Å². The number of benzene rings is 1. The van der Waals surface area contributed by atoms with Crippen LogP contribution in [0.4, 0.5) is 0 Å². The van der Waals surface area contributed by atoms with Crippen LogP contribution >= 0.6 is 34.5 Å². The SMILES string of the molecule is O=C(NN1CCCCCC1)c1nn(-c2ccc(Cl)cc2Cl)c2c1CCC/C2=C\c1ccsc1. The number of carbonyl (C=O) groups is 1. The van der Waals surface area contributed by atoms with E-state index in [1.165, 1.54) is 18.4 Å². The summed E-state index contributed by atoms with van der Waals surface area (Å²) in [5, 5.41) is 12.2. The van der Waals surface area contributed by atoms with Crippen molar-refractivity contribution in [2.45, 2.75) is 44.9 Å². The van der Waals surface area contributed by atoms with E-state index in [9.17, 15) is 4.79 Å². The highest BCUT2D eigenvalue weighted by Crippen LogP contribution is 2.37. The zero-order valence-electron chi connectivity index (χ0n) is 18.3. The first kappa shape index (κ1) is 22.7. The van der Waals surface area contributed by atoms with Crippen LogP contribution in [0.2, 0.25) is 10.0 Å². The Balaban J connectivity index is 1.59. The van der Waals surface area contributed by atoms with Crippen LogP contribution in [-0.4, -0.2) is 33.8 Å². The van der Waals surface area contributed by atoms with Gasteiger partial charge < -0.3 is 0 Å². The van der Waals surface area contributed by atoms with E-state index in [1.807, 2.05) is 15.8 Å². The van der Waals surface area contributed by atoms with E-state index >= 15 is 0 Å². The van der Waals surface area contributed by atoms with Gasteiger partial charge in [0.05, 0.1) is 16.4 Å². The molecule has 0 saturated carbocycles. The number of fused-ring (bicyclic) bond motifs is 1. The van der Waals surface area contributed by atoms with E-state index in [2.05, 4.69) is 28.3 Å². The van der Waals surface area contributed by atoms with Crippen LogP contribution in [0.15, 0.2) is 35.0 Å². The zero-order valence-corrected chi connectivity index (χ0v) is 20.6. The van der Waals surface area contributed by atoms with Crippen LogP contribution in [0, 0.1) is 0 Å². The van der Waals surface area contributed by atoms with Gasteiger partial charge in [-0.1, -0.05) is 36.0 Å². The molecule has 1 N–H and O–H groups in total. The summed E-state index contributed by atoms with van der Waals surface area (Å²) >= 11 is 14.4. The van der Waals surface area contributed by atoms with Gasteiger partial charge in [0.2, 0.25) is 0 Å². The minimum atomic E-state index is -0.145. The van der Waals surface area contributed by atoms with Crippen LogP contribution < -0.4 is 5.43 Å². The maximum atomic E-state index is 13.4. The Kier molecular flexibility index (Phi) is 6.88. The van der Waals surface area contributed by atoms with E-state index < -0.39 is 0 Å². The second-order valence-corrected chi connectivity index (χ2v) is 10.2. The number of thiophene rings is 1. The van der Waals surface area contributed by atoms with Crippen LogP contribution in [0.25, 0.3) is 17.3 Å².